The minimum atomic E-state index is -4.99. The molecular weight excluding hydrogens is 580 g/mol. The van der Waals surface area contributed by atoms with Gasteiger partial charge < -0.3 is 33.3 Å². The maximum atomic E-state index is 12.3. The lowest BCUT2D eigenvalue weighted by molar-refractivity contribution is -0.683. The molecule has 0 aromatic carbocycles. The minimum Gasteiger partial charge on any atom is -1.00 e. The van der Waals surface area contributed by atoms with Gasteiger partial charge in [0.1, 0.15) is 0 Å². The fourth-order valence-corrected chi connectivity index (χ4v) is 2.98. The van der Waals surface area contributed by atoms with Gasteiger partial charge in [-0.25, -0.2) is 13.8 Å². The predicted molar refractivity (Wildman–Crippen MR) is 113 cm³/mol. The summed E-state index contributed by atoms with van der Waals surface area (Å²) in [5.41, 5.74) is 6.27. The molecule has 0 saturated carbocycles. The molecule has 2 rings (SSSR count). The van der Waals surface area contributed by atoms with Crippen molar-refractivity contribution in [3.63, 3.8) is 0 Å². The number of imidazole rings is 1. The lowest BCUT2D eigenvalue weighted by Gasteiger charge is -2.07. The summed E-state index contributed by atoms with van der Waals surface area (Å²) in [5, 5.41) is 15.9. The van der Waals surface area contributed by atoms with Crippen LogP contribution < -0.4 is 37.9 Å². The molecule has 4 N–H and O–H groups in total. The number of carbonyl (C=O) groups excluding carboxylic acids is 2. The Hall–Kier alpha value is -3.18. The van der Waals surface area contributed by atoms with E-state index in [0.29, 0.717) is 6.54 Å². The first kappa shape index (κ1) is 31.8. The number of azo groups is 1. The van der Waals surface area contributed by atoms with Crippen LogP contribution in [0.5, 0.6) is 0 Å². The van der Waals surface area contributed by atoms with Crippen LogP contribution in [0.15, 0.2) is 28.8 Å². The van der Waals surface area contributed by atoms with Gasteiger partial charge in [0, 0.05) is 24.7 Å². The van der Waals surface area contributed by atoms with Crippen LogP contribution in [0, 0.1) is 0 Å². The molecule has 0 spiro atoms. The van der Waals surface area contributed by atoms with E-state index >= 15 is 0 Å². The summed E-state index contributed by atoms with van der Waals surface area (Å²) in [4.78, 5) is 21.9. The molecule has 18 heteroatoms. The number of nitrogens with zero attached hydrogens (tertiary/aromatic N) is 6. The Morgan fingerprint density at radius 3 is 2.19 bits per heavy atom. The zero-order valence-corrected chi connectivity index (χ0v) is 21.2. The van der Waals surface area contributed by atoms with Crippen LogP contribution in [0.1, 0.15) is 26.2 Å². The minimum absolute atomic E-state index is 0. The lowest BCUT2D eigenvalue weighted by atomic mass is 10.4. The largest absolute Gasteiger partial charge is 1.00 e. The number of amides is 2. The van der Waals surface area contributed by atoms with Crippen LogP contribution in [-0.4, -0.2) is 51.6 Å². The molecule has 2 amide bonds. The Morgan fingerprint density at radius 1 is 1.03 bits per heavy atom. The summed E-state index contributed by atoms with van der Waals surface area (Å²) in [5.74, 6) is -3.60. The second-order valence-electron chi connectivity index (χ2n) is 7.54. The molecule has 0 unspecified atom stereocenters. The van der Waals surface area contributed by atoms with E-state index in [0.717, 1.165) is 6.42 Å². The average molecular weight is 606 g/mol. The Morgan fingerprint density at radius 2 is 1.62 bits per heavy atom. The van der Waals surface area contributed by atoms with Crippen molar-refractivity contribution < 1.29 is 57.5 Å². The summed E-state index contributed by atoms with van der Waals surface area (Å²) in [6, 6.07) is 0. The fourth-order valence-electron chi connectivity index (χ4n) is 2.98. The van der Waals surface area contributed by atoms with Crippen molar-refractivity contribution in [3.05, 3.63) is 18.6 Å². The van der Waals surface area contributed by atoms with Gasteiger partial charge in [0.25, 0.3) is 0 Å². The molecule has 2 heterocycles. The molecule has 0 saturated heterocycles. The van der Waals surface area contributed by atoms with Gasteiger partial charge in [-0.15, -0.1) is 0 Å². The second-order valence-corrected chi connectivity index (χ2v) is 7.54. The van der Waals surface area contributed by atoms with E-state index in [1.54, 1.807) is 32.2 Å². The number of alkyl halides is 6. The molecule has 11 nitrogen and oxygen atoms in total. The molecule has 0 bridgehead atoms. The highest BCUT2D eigenvalue weighted by molar-refractivity contribution is 5.81. The van der Waals surface area contributed by atoms with Gasteiger partial charge in [-0.05, 0) is 19.3 Å². The first-order chi connectivity index (χ1) is 16.8. The summed E-state index contributed by atoms with van der Waals surface area (Å²) in [6.45, 7) is 2.28. The average Bonchev–Trinajstić information content (AvgIpc) is 3.34. The molecule has 0 aliphatic carbocycles. The van der Waals surface area contributed by atoms with E-state index < -0.39 is 24.2 Å². The van der Waals surface area contributed by atoms with Gasteiger partial charge in [0.05, 0.1) is 31.7 Å². The molecular formula is C19H26BrF6N9O2. The van der Waals surface area contributed by atoms with Crippen LogP contribution in [0.4, 0.5) is 43.8 Å². The Labute approximate surface area is 217 Å². The van der Waals surface area contributed by atoms with Crippen molar-refractivity contribution in [1.82, 2.24) is 25.0 Å². The summed E-state index contributed by atoms with van der Waals surface area (Å²) >= 11 is 0. The molecule has 2 aromatic heterocycles. The quantitative estimate of drug-likeness (QED) is 0.130. The Kier molecular flexibility index (Phi) is 12.0. The number of nitrogens with two attached hydrogens (primary N) is 1. The zero-order valence-electron chi connectivity index (χ0n) is 19.6. The van der Waals surface area contributed by atoms with Crippen molar-refractivity contribution >= 4 is 29.3 Å². The number of carbonyl (C=O) groups is 2. The van der Waals surface area contributed by atoms with Gasteiger partial charge >= 0.3 is 30.1 Å². The third-order valence-electron chi connectivity index (χ3n) is 4.72. The van der Waals surface area contributed by atoms with Gasteiger partial charge in [0.2, 0.25) is 0 Å². The number of nitrogens with one attached hydrogen (secondary N) is 2. The second kappa shape index (κ2) is 13.9. The van der Waals surface area contributed by atoms with E-state index in [-0.39, 0.29) is 73.5 Å². The van der Waals surface area contributed by atoms with Crippen LogP contribution in [0.3, 0.4) is 0 Å². The van der Waals surface area contributed by atoms with Crippen molar-refractivity contribution in [2.45, 2.75) is 58.2 Å². The van der Waals surface area contributed by atoms with Crippen LogP contribution in [0.2, 0.25) is 0 Å². The highest BCUT2D eigenvalue weighted by Gasteiger charge is 2.38. The maximum Gasteiger partial charge on any atom is 0.471 e. The van der Waals surface area contributed by atoms with Crippen molar-refractivity contribution in [2.75, 3.05) is 18.8 Å². The maximum absolute atomic E-state index is 12.3. The van der Waals surface area contributed by atoms with Crippen molar-refractivity contribution in [2.24, 2.45) is 10.2 Å². The molecule has 37 heavy (non-hydrogen) atoms. The number of rotatable bonds is 12. The van der Waals surface area contributed by atoms with Crippen LogP contribution in [-0.2, 0) is 29.2 Å². The van der Waals surface area contributed by atoms with Gasteiger partial charge in [0.15, 0.2) is 11.5 Å². The van der Waals surface area contributed by atoms with Crippen molar-refractivity contribution in [1.29, 1.82) is 0 Å². The highest BCUT2D eigenvalue weighted by Crippen LogP contribution is 2.23. The molecule has 0 radical (unpaired) electrons. The lowest BCUT2D eigenvalue weighted by Crippen LogP contribution is -3.00. The summed E-state index contributed by atoms with van der Waals surface area (Å²) in [7, 11) is 0. The Bertz CT molecular complexity index is 1010. The third-order valence-corrected chi connectivity index (χ3v) is 4.72. The smallest absolute Gasteiger partial charge is 0.471 e. The molecule has 0 atom stereocenters. The van der Waals surface area contributed by atoms with Gasteiger partial charge in [-0.3, -0.25) is 9.59 Å². The standard InChI is InChI=1S/C19H25F6N9O2.BrH/c1-2-7-34-14(26)13(12-29-34)30-31-17-32(8-3-5-27-15(35)18(20,21)22)10-11-33(17)9-4-6-28-16(36)19(23,24)25;/h10-12,26H,2-9H2,1H3,(H2,27,28,35,36);1H. The number of anilines is 1. The number of nitrogen functional groups attached to an aromatic ring is 1. The number of halogens is 7. The Balaban J connectivity index is 0.00000684. The zero-order chi connectivity index (χ0) is 26.9. The molecule has 208 valence electrons. The fraction of sp³-hybridized carbons (Fsp3) is 0.579. The predicted octanol–water partition coefficient (Wildman–Crippen LogP) is -0.479. The third kappa shape index (κ3) is 9.66. The van der Waals surface area contributed by atoms with Gasteiger partial charge in [-0.2, -0.15) is 31.4 Å². The van der Waals surface area contributed by atoms with E-state index in [9.17, 15) is 35.9 Å². The summed E-state index contributed by atoms with van der Waals surface area (Å²) < 4.78 is 78.5. The molecule has 0 aliphatic rings. The number of aromatic nitrogens is 4. The van der Waals surface area contributed by atoms with E-state index in [1.165, 1.54) is 10.9 Å². The van der Waals surface area contributed by atoms with Gasteiger partial charge in [-0.1, -0.05) is 12.0 Å². The number of hydrogen-bond acceptors (Lipinski definition) is 6. The number of aryl methyl sites for hydroxylation is 3. The van der Waals surface area contributed by atoms with E-state index in [4.69, 9.17) is 5.73 Å². The van der Waals surface area contributed by atoms with Crippen molar-refractivity contribution in [3.8, 4) is 0 Å². The SMILES string of the molecule is CCCn1ncc(/N=N/c2n(CCCNC(=O)C(F)(F)F)cc[n+]2CCCNC(=O)C(F)(F)F)c1N.[Br-]. The van der Waals surface area contributed by atoms with E-state index in [2.05, 4.69) is 15.3 Å². The van der Waals surface area contributed by atoms with E-state index in [1.807, 2.05) is 6.92 Å². The van der Waals surface area contributed by atoms with Crippen LogP contribution >= 0.6 is 0 Å². The first-order valence-electron chi connectivity index (χ1n) is 10.9. The molecule has 2 aromatic rings. The monoisotopic (exact) mass is 605 g/mol. The topological polar surface area (TPSA) is 136 Å². The number of hydrogen-bond donors (Lipinski definition) is 3. The highest BCUT2D eigenvalue weighted by atomic mass is 79.9. The molecule has 0 aliphatic heterocycles. The first-order valence-corrected chi connectivity index (χ1v) is 10.9. The normalized spacial score (nSPS) is 12.0. The molecule has 0 fully saturated rings. The summed E-state index contributed by atoms with van der Waals surface area (Å²) in [6.07, 6.45) is -4.43. The van der Waals surface area contributed by atoms with Crippen LogP contribution in [0.25, 0.3) is 0 Å².